The third-order valence-corrected chi connectivity index (χ3v) is 2.63. The lowest BCUT2D eigenvalue weighted by atomic mass is 10.0. The summed E-state index contributed by atoms with van der Waals surface area (Å²) in [7, 11) is 0. The van der Waals surface area contributed by atoms with E-state index in [1.165, 1.54) is 19.3 Å². The number of hydrogen-bond acceptors (Lipinski definition) is 3. The molecule has 0 saturated heterocycles. The molecule has 5 heteroatoms. The van der Waals surface area contributed by atoms with Gasteiger partial charge < -0.3 is 16.4 Å². The van der Waals surface area contributed by atoms with Crippen LogP contribution in [0, 0.1) is 5.92 Å². The number of carbonyl (C=O) groups is 2. The Bertz CT molecular complexity index is 242. The second kappa shape index (κ2) is 11.0. The highest BCUT2D eigenvalue weighted by Crippen LogP contribution is 2.08. The molecule has 0 rings (SSSR count). The van der Waals surface area contributed by atoms with Gasteiger partial charge in [0.05, 0.1) is 0 Å². The molecule has 0 heterocycles. The molecule has 2 amide bonds. The highest BCUT2D eigenvalue weighted by Gasteiger charge is 2.10. The summed E-state index contributed by atoms with van der Waals surface area (Å²) in [5, 5.41) is 5.03. The lowest BCUT2D eigenvalue weighted by Gasteiger charge is -2.06. The standard InChI is InChI=1S/C13H27N3O2/c1-11(2)7-5-3-4-6-9-15-12(17)13(18)16-10-8-14/h11H,3-10,14H2,1-2H3,(H,15,17)(H,16,18). The molecule has 0 aromatic carbocycles. The van der Waals surface area contributed by atoms with E-state index in [2.05, 4.69) is 24.5 Å². The number of carbonyl (C=O) groups excluding carboxylic acids is 2. The maximum Gasteiger partial charge on any atom is 0.309 e. The van der Waals surface area contributed by atoms with Crippen molar-refractivity contribution < 1.29 is 9.59 Å². The fourth-order valence-corrected chi connectivity index (χ4v) is 1.58. The minimum Gasteiger partial charge on any atom is -0.348 e. The zero-order chi connectivity index (χ0) is 13.8. The van der Waals surface area contributed by atoms with E-state index in [1.807, 2.05) is 0 Å². The molecule has 0 aromatic rings. The Morgan fingerprint density at radius 1 is 0.944 bits per heavy atom. The van der Waals surface area contributed by atoms with E-state index in [0.717, 1.165) is 18.8 Å². The van der Waals surface area contributed by atoms with E-state index in [0.29, 0.717) is 19.6 Å². The first-order valence-corrected chi connectivity index (χ1v) is 6.84. The summed E-state index contributed by atoms with van der Waals surface area (Å²) in [6, 6.07) is 0. The maximum absolute atomic E-state index is 11.3. The van der Waals surface area contributed by atoms with Gasteiger partial charge in [0.15, 0.2) is 0 Å². The molecular formula is C13H27N3O2. The van der Waals surface area contributed by atoms with Crippen molar-refractivity contribution in [2.45, 2.75) is 46.0 Å². The Morgan fingerprint density at radius 2 is 1.50 bits per heavy atom. The van der Waals surface area contributed by atoms with Crippen LogP contribution in [0.4, 0.5) is 0 Å². The molecule has 106 valence electrons. The van der Waals surface area contributed by atoms with Gasteiger partial charge in [-0.15, -0.1) is 0 Å². The molecule has 0 aromatic heterocycles. The van der Waals surface area contributed by atoms with Gasteiger partial charge in [0.1, 0.15) is 0 Å². The van der Waals surface area contributed by atoms with Crippen molar-refractivity contribution in [3.8, 4) is 0 Å². The van der Waals surface area contributed by atoms with Crippen LogP contribution in [0.1, 0.15) is 46.0 Å². The van der Waals surface area contributed by atoms with Crippen LogP contribution in [0.2, 0.25) is 0 Å². The van der Waals surface area contributed by atoms with Crippen LogP contribution >= 0.6 is 0 Å². The molecule has 0 aliphatic rings. The molecule has 4 N–H and O–H groups in total. The zero-order valence-electron chi connectivity index (χ0n) is 11.6. The van der Waals surface area contributed by atoms with Crippen molar-refractivity contribution in [3.63, 3.8) is 0 Å². The van der Waals surface area contributed by atoms with Gasteiger partial charge in [-0.3, -0.25) is 9.59 Å². The summed E-state index contributed by atoms with van der Waals surface area (Å²) in [5.41, 5.74) is 5.22. The molecule has 0 radical (unpaired) electrons. The predicted molar refractivity (Wildman–Crippen MR) is 73.0 cm³/mol. The maximum atomic E-state index is 11.3. The highest BCUT2D eigenvalue weighted by molar-refractivity contribution is 6.35. The fraction of sp³-hybridized carbons (Fsp3) is 0.846. The summed E-state index contributed by atoms with van der Waals surface area (Å²) >= 11 is 0. The van der Waals surface area contributed by atoms with Crippen LogP contribution in [0.25, 0.3) is 0 Å². The smallest absolute Gasteiger partial charge is 0.309 e. The van der Waals surface area contributed by atoms with E-state index in [-0.39, 0.29) is 0 Å². The summed E-state index contributed by atoms with van der Waals surface area (Å²) in [6.45, 7) is 5.69. The average molecular weight is 257 g/mol. The van der Waals surface area contributed by atoms with Gasteiger partial charge in [-0.05, 0) is 12.3 Å². The molecule has 0 saturated carbocycles. The molecule has 0 aliphatic carbocycles. The minimum atomic E-state index is -0.597. The molecule has 0 unspecified atom stereocenters. The Hall–Kier alpha value is -1.10. The van der Waals surface area contributed by atoms with E-state index < -0.39 is 11.8 Å². The first-order chi connectivity index (χ1) is 8.57. The van der Waals surface area contributed by atoms with Crippen LogP contribution < -0.4 is 16.4 Å². The van der Waals surface area contributed by atoms with Gasteiger partial charge in [-0.1, -0.05) is 39.5 Å². The van der Waals surface area contributed by atoms with E-state index in [4.69, 9.17) is 5.73 Å². The SMILES string of the molecule is CC(C)CCCCCCNC(=O)C(=O)NCCN. The van der Waals surface area contributed by atoms with Gasteiger partial charge in [0, 0.05) is 19.6 Å². The van der Waals surface area contributed by atoms with Crippen LogP contribution in [0.3, 0.4) is 0 Å². The predicted octanol–water partition coefficient (Wildman–Crippen LogP) is 0.784. The minimum absolute atomic E-state index is 0.335. The van der Waals surface area contributed by atoms with E-state index in [9.17, 15) is 9.59 Å². The summed E-state index contributed by atoms with van der Waals surface area (Å²) in [4.78, 5) is 22.4. The molecule has 0 atom stereocenters. The van der Waals surface area contributed by atoms with Gasteiger partial charge >= 0.3 is 11.8 Å². The Morgan fingerprint density at radius 3 is 2.06 bits per heavy atom. The molecule has 0 bridgehead atoms. The summed E-state index contributed by atoms with van der Waals surface area (Å²) < 4.78 is 0. The van der Waals surface area contributed by atoms with Crippen LogP contribution in [0.5, 0.6) is 0 Å². The van der Waals surface area contributed by atoms with Crippen LogP contribution in [-0.2, 0) is 9.59 Å². The monoisotopic (exact) mass is 257 g/mol. The largest absolute Gasteiger partial charge is 0.348 e. The molecule has 5 nitrogen and oxygen atoms in total. The van der Waals surface area contributed by atoms with Crippen molar-refractivity contribution in [1.29, 1.82) is 0 Å². The Balaban J connectivity index is 3.37. The summed E-state index contributed by atoms with van der Waals surface area (Å²) in [6.07, 6.45) is 5.70. The lowest BCUT2D eigenvalue weighted by Crippen LogP contribution is -2.41. The van der Waals surface area contributed by atoms with Crippen molar-refractivity contribution in [3.05, 3.63) is 0 Å². The topological polar surface area (TPSA) is 84.2 Å². The first-order valence-electron chi connectivity index (χ1n) is 6.84. The fourth-order valence-electron chi connectivity index (χ4n) is 1.58. The molecule has 18 heavy (non-hydrogen) atoms. The normalized spacial score (nSPS) is 10.4. The quantitative estimate of drug-likeness (QED) is 0.421. The van der Waals surface area contributed by atoms with Gasteiger partial charge in [-0.25, -0.2) is 0 Å². The average Bonchev–Trinajstić information content (AvgIpc) is 2.34. The second-order valence-electron chi connectivity index (χ2n) is 4.90. The number of nitrogens with one attached hydrogen (secondary N) is 2. The van der Waals surface area contributed by atoms with Crippen LogP contribution in [0.15, 0.2) is 0 Å². The van der Waals surface area contributed by atoms with E-state index >= 15 is 0 Å². The number of unbranched alkanes of at least 4 members (excludes halogenated alkanes) is 3. The second-order valence-corrected chi connectivity index (χ2v) is 4.90. The van der Waals surface area contributed by atoms with Crippen molar-refractivity contribution >= 4 is 11.8 Å². The summed E-state index contributed by atoms with van der Waals surface area (Å²) in [5.74, 6) is -0.401. The van der Waals surface area contributed by atoms with Gasteiger partial charge in [-0.2, -0.15) is 0 Å². The van der Waals surface area contributed by atoms with Crippen molar-refractivity contribution in [2.24, 2.45) is 11.7 Å². The van der Waals surface area contributed by atoms with Gasteiger partial charge in [0.25, 0.3) is 0 Å². The zero-order valence-corrected chi connectivity index (χ0v) is 11.6. The molecule has 0 fully saturated rings. The van der Waals surface area contributed by atoms with Crippen LogP contribution in [-0.4, -0.2) is 31.4 Å². The van der Waals surface area contributed by atoms with Gasteiger partial charge in [0.2, 0.25) is 0 Å². The number of amides is 2. The lowest BCUT2D eigenvalue weighted by molar-refractivity contribution is -0.139. The Labute approximate surface area is 110 Å². The number of nitrogens with two attached hydrogens (primary N) is 1. The molecular weight excluding hydrogens is 230 g/mol. The third-order valence-electron chi connectivity index (χ3n) is 2.63. The Kier molecular flexibility index (Phi) is 10.3. The third kappa shape index (κ3) is 10.1. The van der Waals surface area contributed by atoms with Crippen molar-refractivity contribution in [2.75, 3.05) is 19.6 Å². The van der Waals surface area contributed by atoms with E-state index in [1.54, 1.807) is 0 Å². The first kappa shape index (κ1) is 16.9. The number of rotatable bonds is 9. The molecule has 0 spiro atoms. The highest BCUT2D eigenvalue weighted by atomic mass is 16.2. The number of hydrogen-bond donors (Lipinski definition) is 3. The molecule has 0 aliphatic heterocycles. The van der Waals surface area contributed by atoms with Crippen molar-refractivity contribution in [1.82, 2.24) is 10.6 Å².